The molecule has 1 saturated carbocycles. The molecule has 1 unspecified atom stereocenters. The average Bonchev–Trinajstić information content (AvgIpc) is 3.16. The van der Waals surface area contributed by atoms with E-state index in [0.717, 1.165) is 32.1 Å². The summed E-state index contributed by atoms with van der Waals surface area (Å²) in [5, 5.41) is 7.11. The van der Waals surface area contributed by atoms with Crippen LogP contribution in [0.3, 0.4) is 0 Å². The highest BCUT2D eigenvalue weighted by Crippen LogP contribution is 2.40. The van der Waals surface area contributed by atoms with Gasteiger partial charge in [-0.25, -0.2) is 0 Å². The monoisotopic (exact) mass is 455 g/mol. The Morgan fingerprint density at radius 1 is 1.13 bits per heavy atom. The molecule has 1 aliphatic heterocycles. The lowest BCUT2D eigenvalue weighted by atomic mass is 9.83. The van der Waals surface area contributed by atoms with Crippen molar-refractivity contribution < 1.29 is 4.74 Å². The highest BCUT2D eigenvalue weighted by Gasteiger charge is 2.34. The van der Waals surface area contributed by atoms with Crippen LogP contribution in [0, 0.1) is 5.41 Å². The largest absolute Gasteiger partial charge is 0.385 e. The Balaban J connectivity index is 0.00000264. The van der Waals surface area contributed by atoms with Crippen molar-refractivity contribution in [3.8, 4) is 0 Å². The molecule has 6 heteroatoms. The SMILES string of the molecule is CN=C(NCC1(CCOC)CCCC1)NCC1(C)CCCS1.I. The number of hydrogen-bond donors (Lipinski definition) is 2. The third-order valence-electron chi connectivity index (χ3n) is 5.29. The number of halogens is 1. The van der Waals surface area contributed by atoms with E-state index >= 15 is 0 Å². The van der Waals surface area contributed by atoms with Gasteiger partial charge in [0.05, 0.1) is 0 Å². The van der Waals surface area contributed by atoms with Crippen LogP contribution in [0.4, 0.5) is 0 Å². The molecule has 1 atom stereocenters. The van der Waals surface area contributed by atoms with Crippen molar-refractivity contribution in [2.75, 3.05) is 39.6 Å². The number of nitrogens with zero attached hydrogens (tertiary/aromatic N) is 1. The van der Waals surface area contributed by atoms with Gasteiger partial charge in [-0.15, -0.1) is 24.0 Å². The van der Waals surface area contributed by atoms with Gasteiger partial charge in [-0.05, 0) is 50.2 Å². The van der Waals surface area contributed by atoms with Crippen molar-refractivity contribution in [1.29, 1.82) is 0 Å². The molecular weight excluding hydrogens is 421 g/mol. The Labute approximate surface area is 163 Å². The number of ether oxygens (including phenoxy) is 1. The van der Waals surface area contributed by atoms with Gasteiger partial charge in [0.25, 0.3) is 0 Å². The van der Waals surface area contributed by atoms with Crippen molar-refractivity contribution >= 4 is 41.7 Å². The second-order valence-electron chi connectivity index (χ2n) is 7.13. The van der Waals surface area contributed by atoms with Gasteiger partial charge in [0, 0.05) is 38.6 Å². The van der Waals surface area contributed by atoms with Gasteiger partial charge in [0.15, 0.2) is 5.96 Å². The molecule has 2 fully saturated rings. The lowest BCUT2D eigenvalue weighted by Crippen LogP contribution is -2.46. The minimum absolute atomic E-state index is 0. The molecule has 0 amide bonds. The van der Waals surface area contributed by atoms with E-state index in [9.17, 15) is 0 Å². The Morgan fingerprint density at radius 2 is 1.83 bits per heavy atom. The molecule has 4 nitrogen and oxygen atoms in total. The highest BCUT2D eigenvalue weighted by atomic mass is 127. The summed E-state index contributed by atoms with van der Waals surface area (Å²) in [7, 11) is 3.67. The van der Waals surface area contributed by atoms with Gasteiger partial charge in [-0.1, -0.05) is 12.8 Å². The van der Waals surface area contributed by atoms with Crippen LogP contribution in [0.1, 0.15) is 51.9 Å². The molecule has 1 aliphatic carbocycles. The van der Waals surface area contributed by atoms with Gasteiger partial charge in [0.1, 0.15) is 0 Å². The van der Waals surface area contributed by atoms with Crippen LogP contribution in [-0.2, 0) is 4.74 Å². The standard InChI is InChI=1S/C17H33N3OS.HI/c1-16(7-6-12-22-16)13-19-15(18-2)20-14-17(10-11-21-3)8-4-5-9-17;/h4-14H2,1-3H3,(H2,18,19,20);1H. The van der Waals surface area contributed by atoms with Gasteiger partial charge in [-0.2, -0.15) is 11.8 Å². The number of hydrogen-bond acceptors (Lipinski definition) is 3. The highest BCUT2D eigenvalue weighted by molar-refractivity contribution is 14.0. The van der Waals surface area contributed by atoms with Crippen LogP contribution in [-0.4, -0.2) is 50.3 Å². The fourth-order valence-electron chi connectivity index (χ4n) is 3.70. The normalized spacial score (nSPS) is 26.8. The summed E-state index contributed by atoms with van der Waals surface area (Å²) in [5.41, 5.74) is 0.402. The molecule has 0 aromatic heterocycles. The van der Waals surface area contributed by atoms with E-state index in [4.69, 9.17) is 4.74 Å². The first-order valence-corrected chi connectivity index (χ1v) is 9.67. The summed E-state index contributed by atoms with van der Waals surface area (Å²) in [5.74, 6) is 2.25. The van der Waals surface area contributed by atoms with Crippen molar-refractivity contribution in [3.05, 3.63) is 0 Å². The minimum atomic E-state index is 0. The summed E-state index contributed by atoms with van der Waals surface area (Å²) in [6.45, 7) is 5.24. The van der Waals surface area contributed by atoms with E-state index in [-0.39, 0.29) is 24.0 Å². The average molecular weight is 455 g/mol. The van der Waals surface area contributed by atoms with Crippen molar-refractivity contribution in [2.24, 2.45) is 10.4 Å². The third kappa shape index (κ3) is 6.61. The molecule has 0 aromatic carbocycles. The Morgan fingerprint density at radius 3 is 2.39 bits per heavy atom. The van der Waals surface area contributed by atoms with Crippen LogP contribution in [0.25, 0.3) is 0 Å². The third-order valence-corrected chi connectivity index (χ3v) is 6.82. The van der Waals surface area contributed by atoms with E-state index in [2.05, 4.69) is 34.3 Å². The predicted octanol–water partition coefficient (Wildman–Crippen LogP) is 3.65. The lowest BCUT2D eigenvalue weighted by Gasteiger charge is -2.31. The Bertz CT molecular complexity index is 367. The first kappa shape index (κ1) is 21.4. The maximum Gasteiger partial charge on any atom is 0.191 e. The fraction of sp³-hybridized carbons (Fsp3) is 0.941. The topological polar surface area (TPSA) is 45.7 Å². The molecule has 1 heterocycles. The van der Waals surface area contributed by atoms with E-state index in [1.54, 1.807) is 7.11 Å². The number of nitrogens with one attached hydrogen (secondary N) is 2. The van der Waals surface area contributed by atoms with Crippen LogP contribution < -0.4 is 10.6 Å². The molecule has 23 heavy (non-hydrogen) atoms. The number of thioether (sulfide) groups is 1. The number of aliphatic imine (C=N–C) groups is 1. The van der Waals surface area contributed by atoms with Crippen LogP contribution in [0.5, 0.6) is 0 Å². The molecule has 0 spiro atoms. The molecule has 0 aromatic rings. The zero-order chi connectivity index (χ0) is 15.9. The Kier molecular flexibility index (Phi) is 9.59. The lowest BCUT2D eigenvalue weighted by molar-refractivity contribution is 0.138. The zero-order valence-electron chi connectivity index (χ0n) is 15.0. The summed E-state index contributed by atoms with van der Waals surface area (Å²) < 4.78 is 5.69. The number of rotatable bonds is 7. The summed E-state index contributed by atoms with van der Waals surface area (Å²) in [6, 6.07) is 0. The van der Waals surface area contributed by atoms with E-state index < -0.39 is 0 Å². The quantitative estimate of drug-likeness (QED) is 0.350. The van der Waals surface area contributed by atoms with Crippen LogP contribution in [0.2, 0.25) is 0 Å². The molecule has 2 N–H and O–H groups in total. The van der Waals surface area contributed by atoms with E-state index in [1.165, 1.54) is 44.3 Å². The molecule has 1 saturated heterocycles. The van der Waals surface area contributed by atoms with Crippen molar-refractivity contribution in [1.82, 2.24) is 10.6 Å². The zero-order valence-corrected chi connectivity index (χ0v) is 18.1. The molecule has 2 rings (SSSR count). The summed E-state index contributed by atoms with van der Waals surface area (Å²) in [4.78, 5) is 4.41. The summed E-state index contributed by atoms with van der Waals surface area (Å²) >= 11 is 2.09. The van der Waals surface area contributed by atoms with Gasteiger partial charge >= 0.3 is 0 Å². The molecule has 2 aliphatic rings. The smallest absolute Gasteiger partial charge is 0.191 e. The molecule has 0 radical (unpaired) electrons. The maximum atomic E-state index is 5.31. The summed E-state index contributed by atoms with van der Waals surface area (Å²) in [6.07, 6.45) is 9.13. The van der Waals surface area contributed by atoms with E-state index in [1.807, 2.05) is 7.05 Å². The molecule has 136 valence electrons. The molecule has 0 bridgehead atoms. The first-order valence-electron chi connectivity index (χ1n) is 8.69. The van der Waals surface area contributed by atoms with E-state index in [0.29, 0.717) is 10.2 Å². The minimum Gasteiger partial charge on any atom is -0.385 e. The Hall–Kier alpha value is 0.310. The maximum absolute atomic E-state index is 5.31. The molecular formula is C17H34IN3OS. The number of guanidine groups is 1. The van der Waals surface area contributed by atoms with Crippen LogP contribution in [0.15, 0.2) is 4.99 Å². The van der Waals surface area contributed by atoms with Gasteiger partial charge in [-0.3, -0.25) is 4.99 Å². The van der Waals surface area contributed by atoms with Crippen LogP contribution >= 0.6 is 35.7 Å². The van der Waals surface area contributed by atoms with Crippen molar-refractivity contribution in [3.63, 3.8) is 0 Å². The fourth-order valence-corrected chi connectivity index (χ4v) is 4.94. The number of methoxy groups -OCH3 is 1. The van der Waals surface area contributed by atoms with Crippen molar-refractivity contribution in [2.45, 2.75) is 56.6 Å². The second-order valence-corrected chi connectivity index (χ2v) is 8.81. The van der Waals surface area contributed by atoms with Gasteiger partial charge < -0.3 is 15.4 Å². The first-order chi connectivity index (χ1) is 10.6. The predicted molar refractivity (Wildman–Crippen MR) is 112 cm³/mol. The second kappa shape index (κ2) is 10.3. The van der Waals surface area contributed by atoms with Gasteiger partial charge in [0.2, 0.25) is 0 Å².